The third kappa shape index (κ3) is 4.26. The van der Waals surface area contributed by atoms with Gasteiger partial charge < -0.3 is 10.1 Å². The molecule has 0 aliphatic carbocycles. The summed E-state index contributed by atoms with van der Waals surface area (Å²) in [4.78, 5) is 41.7. The van der Waals surface area contributed by atoms with Crippen LogP contribution in [0.25, 0.3) is 11.0 Å². The number of para-hydroxylation sites is 1. The molecule has 3 heterocycles. The number of ether oxygens (including phenoxy) is 1. The van der Waals surface area contributed by atoms with Gasteiger partial charge in [-0.25, -0.2) is 22.9 Å². The average Bonchev–Trinajstić information content (AvgIpc) is 3.34. The first-order valence-electron chi connectivity index (χ1n) is 9.98. The Kier molecular flexibility index (Phi) is 5.78. The van der Waals surface area contributed by atoms with Gasteiger partial charge in [0.1, 0.15) is 18.3 Å². The van der Waals surface area contributed by atoms with Gasteiger partial charge in [0.15, 0.2) is 15.5 Å². The summed E-state index contributed by atoms with van der Waals surface area (Å²) >= 11 is 0. The van der Waals surface area contributed by atoms with E-state index in [1.807, 2.05) is 0 Å². The first-order valence-corrected chi connectivity index (χ1v) is 11.8. The highest BCUT2D eigenvalue weighted by atomic mass is 32.2. The minimum atomic E-state index is -3.13. The molecule has 1 atom stereocenters. The van der Waals surface area contributed by atoms with Gasteiger partial charge in [-0.15, -0.1) is 0 Å². The van der Waals surface area contributed by atoms with E-state index in [9.17, 15) is 22.8 Å². The maximum absolute atomic E-state index is 12.8. The fraction of sp³-hybridized carbons (Fsp3) is 0.350. The number of benzene rings is 1. The number of fused-ring (bicyclic) bond motifs is 1. The fourth-order valence-corrected chi connectivity index (χ4v) is 5.33. The molecule has 1 aliphatic rings. The molecular formula is C20H21N5O6S. The minimum Gasteiger partial charge on any atom is -0.462 e. The summed E-state index contributed by atoms with van der Waals surface area (Å²) in [5, 5.41) is 6.97. The molecule has 3 aromatic rings. The lowest BCUT2D eigenvalue weighted by atomic mass is 10.2. The molecule has 0 radical (unpaired) electrons. The number of amides is 1. The van der Waals surface area contributed by atoms with E-state index in [4.69, 9.17) is 4.74 Å². The summed E-state index contributed by atoms with van der Waals surface area (Å²) < 4.78 is 31.1. The summed E-state index contributed by atoms with van der Waals surface area (Å²) in [7, 11) is -3.13. The third-order valence-electron chi connectivity index (χ3n) is 5.14. The van der Waals surface area contributed by atoms with Crippen molar-refractivity contribution in [2.45, 2.75) is 25.9 Å². The zero-order valence-corrected chi connectivity index (χ0v) is 18.0. The molecular weight excluding hydrogens is 438 g/mol. The first kappa shape index (κ1) is 21.7. The monoisotopic (exact) mass is 459 g/mol. The smallest absolute Gasteiger partial charge is 0.340 e. The van der Waals surface area contributed by atoms with Crippen molar-refractivity contribution in [2.75, 3.05) is 23.4 Å². The van der Waals surface area contributed by atoms with E-state index >= 15 is 0 Å². The Hall–Kier alpha value is -3.54. The van der Waals surface area contributed by atoms with Gasteiger partial charge in [0.2, 0.25) is 5.91 Å². The molecule has 2 aromatic heterocycles. The molecule has 4 rings (SSSR count). The van der Waals surface area contributed by atoms with Crippen LogP contribution in [0.15, 0.2) is 41.6 Å². The number of aromatic nitrogens is 4. The number of rotatable bonds is 6. The number of carbonyl (C=O) groups is 2. The van der Waals surface area contributed by atoms with Crippen molar-refractivity contribution in [3.05, 3.63) is 52.7 Å². The van der Waals surface area contributed by atoms with Crippen LogP contribution in [0.2, 0.25) is 0 Å². The summed E-state index contributed by atoms with van der Waals surface area (Å²) in [6.45, 7) is 1.55. The molecule has 0 bridgehead atoms. The molecule has 1 aliphatic heterocycles. The molecule has 0 spiro atoms. The first-order chi connectivity index (χ1) is 15.3. The highest BCUT2D eigenvalue weighted by Crippen LogP contribution is 2.25. The second-order valence-corrected chi connectivity index (χ2v) is 9.60. The molecule has 168 valence electrons. The Morgan fingerprint density at radius 1 is 1.28 bits per heavy atom. The van der Waals surface area contributed by atoms with Crippen LogP contribution in [-0.2, 0) is 25.9 Å². The van der Waals surface area contributed by atoms with Crippen molar-refractivity contribution < 1.29 is 22.7 Å². The third-order valence-corrected chi connectivity index (χ3v) is 6.89. The minimum absolute atomic E-state index is 0.0448. The molecule has 1 N–H and O–H groups in total. The predicted octanol–water partition coefficient (Wildman–Crippen LogP) is 0.768. The van der Waals surface area contributed by atoms with Crippen LogP contribution in [0.4, 0.5) is 5.69 Å². The topological polar surface area (TPSA) is 142 Å². The molecule has 11 nitrogen and oxygen atoms in total. The second kappa shape index (κ2) is 8.54. The zero-order valence-electron chi connectivity index (χ0n) is 17.2. The molecule has 12 heteroatoms. The van der Waals surface area contributed by atoms with Gasteiger partial charge in [0.25, 0.3) is 5.56 Å². The van der Waals surface area contributed by atoms with Gasteiger partial charge in [-0.2, -0.15) is 5.10 Å². The Bertz CT molecular complexity index is 1360. The van der Waals surface area contributed by atoms with E-state index in [2.05, 4.69) is 15.4 Å². The summed E-state index contributed by atoms with van der Waals surface area (Å²) in [6, 6.07) is 6.04. The van der Waals surface area contributed by atoms with Gasteiger partial charge >= 0.3 is 5.97 Å². The summed E-state index contributed by atoms with van der Waals surface area (Å²) in [6.07, 6.45) is 2.97. The van der Waals surface area contributed by atoms with Crippen molar-refractivity contribution in [2.24, 2.45) is 0 Å². The number of hydrogen-bond acceptors (Lipinski definition) is 8. The Morgan fingerprint density at radius 3 is 2.78 bits per heavy atom. The zero-order chi connectivity index (χ0) is 22.9. The summed E-state index contributed by atoms with van der Waals surface area (Å²) in [5.74, 6) is -1.07. The van der Waals surface area contributed by atoms with E-state index in [-0.39, 0.29) is 53.0 Å². The van der Waals surface area contributed by atoms with Crippen LogP contribution in [0.5, 0.6) is 0 Å². The van der Waals surface area contributed by atoms with Gasteiger partial charge in [-0.1, -0.05) is 12.1 Å². The van der Waals surface area contributed by atoms with Crippen molar-refractivity contribution >= 4 is 38.4 Å². The molecule has 32 heavy (non-hydrogen) atoms. The number of carbonyl (C=O) groups excluding carboxylic acids is 2. The number of nitrogens with one attached hydrogen (secondary N) is 1. The van der Waals surface area contributed by atoms with Crippen LogP contribution in [0.1, 0.15) is 29.7 Å². The second-order valence-electron chi connectivity index (χ2n) is 7.38. The van der Waals surface area contributed by atoms with Crippen LogP contribution >= 0.6 is 0 Å². The fourth-order valence-electron chi connectivity index (χ4n) is 3.64. The number of sulfone groups is 1. The number of anilines is 1. The number of nitrogens with zero attached hydrogens (tertiary/aromatic N) is 4. The number of esters is 1. The molecule has 1 fully saturated rings. The lowest BCUT2D eigenvalue weighted by Crippen LogP contribution is -2.28. The lowest BCUT2D eigenvalue weighted by molar-refractivity contribution is -0.116. The maximum atomic E-state index is 12.8. The van der Waals surface area contributed by atoms with Crippen LogP contribution in [-0.4, -0.2) is 57.7 Å². The molecule has 1 unspecified atom stereocenters. The van der Waals surface area contributed by atoms with Crippen molar-refractivity contribution in [1.82, 2.24) is 19.3 Å². The van der Waals surface area contributed by atoms with E-state index in [1.54, 1.807) is 25.1 Å². The van der Waals surface area contributed by atoms with E-state index in [0.717, 1.165) is 4.57 Å². The highest BCUT2D eigenvalue weighted by Gasteiger charge is 2.31. The van der Waals surface area contributed by atoms with Gasteiger partial charge in [0, 0.05) is 0 Å². The van der Waals surface area contributed by atoms with Gasteiger partial charge in [-0.3, -0.25) is 14.2 Å². The quantitative estimate of drug-likeness (QED) is 0.533. The van der Waals surface area contributed by atoms with Crippen molar-refractivity contribution in [3.63, 3.8) is 0 Å². The number of hydrogen-bond donors (Lipinski definition) is 1. The Morgan fingerprint density at radius 2 is 2.06 bits per heavy atom. The van der Waals surface area contributed by atoms with E-state index < -0.39 is 27.3 Å². The van der Waals surface area contributed by atoms with Crippen LogP contribution in [0, 0.1) is 0 Å². The van der Waals surface area contributed by atoms with Gasteiger partial charge in [0.05, 0.1) is 41.6 Å². The molecule has 1 aromatic carbocycles. The summed E-state index contributed by atoms with van der Waals surface area (Å²) in [5.41, 5.74) is 0.280. The lowest BCUT2D eigenvalue weighted by Gasteiger charge is -2.12. The van der Waals surface area contributed by atoms with Crippen LogP contribution < -0.4 is 10.9 Å². The maximum Gasteiger partial charge on any atom is 0.340 e. The largest absolute Gasteiger partial charge is 0.462 e. The normalized spacial score (nSPS) is 17.3. The Balaban J connectivity index is 1.54. The van der Waals surface area contributed by atoms with Crippen LogP contribution in [0.3, 0.4) is 0 Å². The van der Waals surface area contributed by atoms with Gasteiger partial charge in [-0.05, 0) is 25.5 Å². The molecule has 1 saturated heterocycles. The predicted molar refractivity (Wildman–Crippen MR) is 115 cm³/mol. The molecule has 1 amide bonds. The van der Waals surface area contributed by atoms with Crippen molar-refractivity contribution in [1.29, 1.82) is 0 Å². The standard InChI is InChI=1S/C20H21N5O6S/c1-2-31-20(28)14-5-3-4-6-16(14)23-17(26)10-24-12-21-18-15(19(24)27)9-22-25(18)13-7-8-32(29,30)11-13/h3-6,9,12-13H,2,7-8,10-11H2,1H3,(H,23,26). The Labute approximate surface area is 182 Å². The molecule has 0 saturated carbocycles. The van der Waals surface area contributed by atoms with E-state index in [1.165, 1.54) is 23.3 Å². The van der Waals surface area contributed by atoms with Crippen molar-refractivity contribution in [3.8, 4) is 0 Å². The SMILES string of the molecule is CCOC(=O)c1ccccc1NC(=O)Cn1cnc2c(cnn2C2CCS(=O)(=O)C2)c1=O. The van der Waals surface area contributed by atoms with E-state index in [0.29, 0.717) is 6.42 Å². The highest BCUT2D eigenvalue weighted by molar-refractivity contribution is 7.91. The average molecular weight is 459 g/mol.